The molecule has 2 aromatic rings. The first kappa shape index (κ1) is 17.0. The van der Waals surface area contributed by atoms with Gasteiger partial charge < -0.3 is 10.3 Å². The number of hydrogen-bond acceptors (Lipinski definition) is 4. The Morgan fingerprint density at radius 3 is 3.00 bits per heavy atom. The average Bonchev–Trinajstić information content (AvgIpc) is 3.05. The van der Waals surface area contributed by atoms with E-state index in [1.807, 2.05) is 12.1 Å². The fourth-order valence-corrected chi connectivity index (χ4v) is 4.28. The van der Waals surface area contributed by atoms with Gasteiger partial charge in [-0.05, 0) is 24.6 Å². The summed E-state index contributed by atoms with van der Waals surface area (Å²) in [5.41, 5.74) is 1.77. The smallest absolute Gasteiger partial charge is 0.220 e. The summed E-state index contributed by atoms with van der Waals surface area (Å²) >= 11 is 5.94. The monoisotopic (exact) mass is 367 g/mol. The number of aromatic nitrogens is 2. The maximum Gasteiger partial charge on any atom is 0.220 e. The zero-order valence-electron chi connectivity index (χ0n) is 13.0. The third-order valence-corrected chi connectivity index (χ3v) is 5.56. The highest BCUT2D eigenvalue weighted by molar-refractivity contribution is 7.94. The molecule has 24 heavy (non-hydrogen) atoms. The van der Waals surface area contributed by atoms with E-state index in [4.69, 9.17) is 11.6 Å². The molecule has 0 bridgehead atoms. The second kappa shape index (κ2) is 6.94. The zero-order chi connectivity index (χ0) is 17.2. The van der Waals surface area contributed by atoms with E-state index < -0.39 is 9.84 Å². The molecule has 6 nitrogen and oxygen atoms in total. The summed E-state index contributed by atoms with van der Waals surface area (Å²) in [6.07, 6.45) is 3.26. The standard InChI is InChI=1S/C16H18ClN3O3S/c17-12-3-4-13-14(9-12)20-15(19-13)2-1-6-18-16(21)8-11-5-7-24(22,23)10-11/h3-5,7,9,11H,1-2,6,8,10H2,(H,18,21)(H,19,20)/t11-/m0/s1. The fourth-order valence-electron chi connectivity index (χ4n) is 2.71. The van der Waals surface area contributed by atoms with Gasteiger partial charge in [0.05, 0.1) is 16.8 Å². The summed E-state index contributed by atoms with van der Waals surface area (Å²) in [6, 6.07) is 5.49. The van der Waals surface area contributed by atoms with Crippen LogP contribution in [0, 0.1) is 5.92 Å². The minimum absolute atomic E-state index is 0.0297. The molecular weight excluding hydrogens is 350 g/mol. The van der Waals surface area contributed by atoms with Crippen molar-refractivity contribution in [2.75, 3.05) is 12.3 Å². The molecule has 1 aliphatic heterocycles. The van der Waals surface area contributed by atoms with Crippen LogP contribution < -0.4 is 5.32 Å². The molecule has 3 rings (SSSR count). The van der Waals surface area contributed by atoms with E-state index in [-0.39, 0.29) is 24.0 Å². The lowest BCUT2D eigenvalue weighted by molar-refractivity contribution is -0.121. The number of halogens is 1. The average molecular weight is 368 g/mol. The molecule has 8 heteroatoms. The summed E-state index contributed by atoms with van der Waals surface area (Å²) in [5.74, 6) is 0.543. The van der Waals surface area contributed by atoms with Crippen molar-refractivity contribution >= 4 is 38.4 Å². The van der Waals surface area contributed by atoms with Crippen molar-refractivity contribution < 1.29 is 13.2 Å². The summed E-state index contributed by atoms with van der Waals surface area (Å²) < 4.78 is 22.6. The van der Waals surface area contributed by atoms with E-state index in [0.717, 1.165) is 23.3 Å². The van der Waals surface area contributed by atoms with Crippen molar-refractivity contribution in [3.63, 3.8) is 0 Å². The molecule has 0 spiro atoms. The van der Waals surface area contributed by atoms with Crippen LogP contribution in [-0.2, 0) is 21.1 Å². The van der Waals surface area contributed by atoms with Gasteiger partial charge in [-0.2, -0.15) is 0 Å². The number of carbonyl (C=O) groups excluding carboxylic acids is 1. The highest BCUT2D eigenvalue weighted by Gasteiger charge is 2.23. The van der Waals surface area contributed by atoms with Crippen molar-refractivity contribution in [2.45, 2.75) is 19.3 Å². The van der Waals surface area contributed by atoms with Crippen molar-refractivity contribution in [1.82, 2.24) is 15.3 Å². The Morgan fingerprint density at radius 2 is 2.25 bits per heavy atom. The van der Waals surface area contributed by atoms with E-state index in [0.29, 0.717) is 18.0 Å². The molecule has 1 amide bonds. The number of nitrogens with one attached hydrogen (secondary N) is 2. The second-order valence-corrected chi connectivity index (χ2v) is 8.29. The zero-order valence-corrected chi connectivity index (χ0v) is 14.5. The number of sulfone groups is 1. The number of rotatable bonds is 6. The molecule has 2 N–H and O–H groups in total. The van der Waals surface area contributed by atoms with Crippen LogP contribution >= 0.6 is 11.6 Å². The number of aryl methyl sites for hydroxylation is 1. The van der Waals surface area contributed by atoms with Gasteiger partial charge >= 0.3 is 0 Å². The third kappa shape index (κ3) is 4.36. The Kier molecular flexibility index (Phi) is 4.91. The van der Waals surface area contributed by atoms with Gasteiger partial charge in [0.1, 0.15) is 5.82 Å². The van der Waals surface area contributed by atoms with Crippen molar-refractivity contribution in [3.8, 4) is 0 Å². The van der Waals surface area contributed by atoms with Gasteiger partial charge in [0, 0.05) is 35.7 Å². The van der Waals surface area contributed by atoms with Crippen molar-refractivity contribution in [2.24, 2.45) is 5.92 Å². The second-order valence-electron chi connectivity index (χ2n) is 5.92. The van der Waals surface area contributed by atoms with Gasteiger partial charge in [0.15, 0.2) is 9.84 Å². The lowest BCUT2D eigenvalue weighted by atomic mass is 10.1. The lowest BCUT2D eigenvalue weighted by Gasteiger charge is -2.07. The van der Waals surface area contributed by atoms with E-state index in [2.05, 4.69) is 15.3 Å². The van der Waals surface area contributed by atoms with E-state index in [1.165, 1.54) is 5.41 Å². The molecule has 128 valence electrons. The molecule has 0 fully saturated rings. The molecule has 2 heterocycles. The first-order valence-corrected chi connectivity index (χ1v) is 9.82. The van der Waals surface area contributed by atoms with Gasteiger partial charge in [0.2, 0.25) is 5.91 Å². The molecule has 0 aliphatic carbocycles. The number of H-pyrrole nitrogens is 1. The van der Waals surface area contributed by atoms with Crippen LogP contribution in [0.4, 0.5) is 0 Å². The molecule has 0 saturated carbocycles. The number of nitrogens with zero attached hydrogens (tertiary/aromatic N) is 1. The van der Waals surface area contributed by atoms with Gasteiger partial charge in [-0.15, -0.1) is 0 Å². The van der Waals surface area contributed by atoms with Gasteiger partial charge in [-0.1, -0.05) is 17.7 Å². The van der Waals surface area contributed by atoms with E-state index in [9.17, 15) is 13.2 Å². The lowest BCUT2D eigenvalue weighted by Crippen LogP contribution is -2.27. The highest BCUT2D eigenvalue weighted by Crippen LogP contribution is 2.18. The predicted molar refractivity (Wildman–Crippen MR) is 93.5 cm³/mol. The largest absolute Gasteiger partial charge is 0.356 e. The first-order chi connectivity index (χ1) is 11.4. The molecule has 0 saturated heterocycles. The van der Waals surface area contributed by atoms with Gasteiger partial charge in [-0.3, -0.25) is 4.79 Å². The Hall–Kier alpha value is -1.86. The Morgan fingerprint density at radius 1 is 1.42 bits per heavy atom. The number of fused-ring (bicyclic) bond motifs is 1. The maximum atomic E-state index is 11.8. The molecule has 1 atom stereocenters. The van der Waals surface area contributed by atoms with Crippen molar-refractivity contribution in [1.29, 1.82) is 0 Å². The first-order valence-electron chi connectivity index (χ1n) is 7.73. The van der Waals surface area contributed by atoms with Crippen molar-refractivity contribution in [3.05, 3.63) is 40.5 Å². The Bertz CT molecular complexity index is 889. The molecule has 0 unspecified atom stereocenters. The minimum atomic E-state index is -3.10. The number of allylic oxidation sites excluding steroid dienone is 1. The summed E-state index contributed by atoms with van der Waals surface area (Å²) in [7, 11) is -3.10. The highest BCUT2D eigenvalue weighted by atomic mass is 35.5. The summed E-state index contributed by atoms with van der Waals surface area (Å²) in [6.45, 7) is 0.528. The van der Waals surface area contributed by atoms with Crippen LogP contribution in [0.3, 0.4) is 0 Å². The number of aromatic amines is 1. The number of amides is 1. The van der Waals surface area contributed by atoms with Crippen LogP contribution in [0.1, 0.15) is 18.7 Å². The number of imidazole rings is 1. The minimum Gasteiger partial charge on any atom is -0.356 e. The number of carbonyl (C=O) groups is 1. The number of benzene rings is 1. The molecule has 1 aliphatic rings. The van der Waals surface area contributed by atoms with Gasteiger partial charge in [-0.25, -0.2) is 13.4 Å². The van der Waals surface area contributed by atoms with E-state index in [1.54, 1.807) is 12.1 Å². The molecule has 1 aromatic carbocycles. The SMILES string of the molecule is O=C(C[C@@H]1C=CS(=O)(=O)C1)NCCCc1nc2ccc(Cl)cc2[nH]1. The summed E-state index contributed by atoms with van der Waals surface area (Å²) in [4.78, 5) is 19.5. The van der Waals surface area contributed by atoms with Crippen LogP contribution in [0.15, 0.2) is 29.7 Å². The topological polar surface area (TPSA) is 91.9 Å². The van der Waals surface area contributed by atoms with Crippen LogP contribution in [0.25, 0.3) is 11.0 Å². The quantitative estimate of drug-likeness (QED) is 0.766. The van der Waals surface area contributed by atoms with Crippen LogP contribution in [0.2, 0.25) is 5.02 Å². The maximum absolute atomic E-state index is 11.8. The Labute approximate surface area is 145 Å². The number of hydrogen-bond donors (Lipinski definition) is 2. The van der Waals surface area contributed by atoms with E-state index >= 15 is 0 Å². The third-order valence-electron chi connectivity index (χ3n) is 3.86. The van der Waals surface area contributed by atoms with Crippen LogP contribution in [0.5, 0.6) is 0 Å². The fraction of sp³-hybridized carbons (Fsp3) is 0.375. The molecule has 0 radical (unpaired) electrons. The van der Waals surface area contributed by atoms with Gasteiger partial charge in [0.25, 0.3) is 0 Å². The summed E-state index contributed by atoms with van der Waals surface area (Å²) in [5, 5.41) is 4.67. The predicted octanol–water partition coefficient (Wildman–Crippen LogP) is 2.21. The Balaban J connectivity index is 1.41. The van der Waals surface area contributed by atoms with Crippen LogP contribution in [-0.4, -0.2) is 36.6 Å². The molecule has 1 aromatic heterocycles. The molecular formula is C16H18ClN3O3S. The normalized spacial score (nSPS) is 19.0.